The Morgan fingerprint density at radius 2 is 1.94 bits per heavy atom. The van der Waals surface area contributed by atoms with E-state index in [9.17, 15) is 4.79 Å². The summed E-state index contributed by atoms with van der Waals surface area (Å²) in [7, 11) is 0. The molecule has 1 aliphatic rings. The first kappa shape index (κ1) is 12.0. The number of benzene rings is 1. The van der Waals surface area contributed by atoms with Crippen molar-refractivity contribution in [1.82, 2.24) is 0 Å². The Balaban J connectivity index is 2.24. The van der Waals surface area contributed by atoms with Gasteiger partial charge in [0.15, 0.2) is 0 Å². The molecule has 1 saturated heterocycles. The Morgan fingerprint density at radius 3 is 2.44 bits per heavy atom. The standard InChI is InChI=1S/C11H9Cl3O2/c12-9(7-4-2-1-3-5-7)8-6-16-10(15)11(8,13)14/h1-5,8-9H,6H2. The van der Waals surface area contributed by atoms with Crippen LogP contribution in [0.3, 0.4) is 0 Å². The first-order valence-corrected chi connectivity index (χ1v) is 5.97. The maximum absolute atomic E-state index is 11.3. The van der Waals surface area contributed by atoms with Gasteiger partial charge in [0, 0.05) is 0 Å². The summed E-state index contributed by atoms with van der Waals surface area (Å²) in [5.41, 5.74) is 0.873. The van der Waals surface area contributed by atoms with E-state index >= 15 is 0 Å². The van der Waals surface area contributed by atoms with Crippen LogP contribution in [0, 0.1) is 5.92 Å². The zero-order valence-corrected chi connectivity index (χ0v) is 10.5. The molecule has 0 amide bonds. The summed E-state index contributed by atoms with van der Waals surface area (Å²) in [6, 6.07) is 9.35. The molecule has 0 saturated carbocycles. The number of halogens is 3. The van der Waals surface area contributed by atoms with E-state index < -0.39 is 21.6 Å². The molecule has 0 radical (unpaired) electrons. The summed E-state index contributed by atoms with van der Waals surface area (Å²) in [5.74, 6) is -1.06. The van der Waals surface area contributed by atoms with Crippen LogP contribution in [0.1, 0.15) is 10.9 Å². The molecule has 1 aliphatic heterocycles. The van der Waals surface area contributed by atoms with Crippen molar-refractivity contribution in [3.8, 4) is 0 Å². The predicted octanol–water partition coefficient (Wildman–Crippen LogP) is 3.31. The van der Waals surface area contributed by atoms with Crippen molar-refractivity contribution in [1.29, 1.82) is 0 Å². The Bertz CT molecular complexity index is 391. The lowest BCUT2D eigenvalue weighted by Gasteiger charge is -2.22. The molecule has 1 aromatic rings. The van der Waals surface area contributed by atoms with Gasteiger partial charge in [0.1, 0.15) is 0 Å². The Morgan fingerprint density at radius 1 is 1.31 bits per heavy atom. The van der Waals surface area contributed by atoms with Crippen LogP contribution in [0.15, 0.2) is 30.3 Å². The molecule has 0 spiro atoms. The molecule has 1 heterocycles. The van der Waals surface area contributed by atoms with Gasteiger partial charge >= 0.3 is 5.97 Å². The fraction of sp³-hybridized carbons (Fsp3) is 0.364. The number of carbonyl (C=O) groups excluding carboxylic acids is 1. The summed E-state index contributed by atoms with van der Waals surface area (Å²) in [4.78, 5) is 11.3. The molecule has 2 unspecified atom stereocenters. The smallest absolute Gasteiger partial charge is 0.343 e. The maximum atomic E-state index is 11.3. The van der Waals surface area contributed by atoms with Gasteiger partial charge in [-0.2, -0.15) is 0 Å². The summed E-state index contributed by atoms with van der Waals surface area (Å²) < 4.78 is 3.28. The number of esters is 1. The lowest BCUT2D eigenvalue weighted by atomic mass is 9.97. The second-order valence-corrected chi connectivity index (χ2v) is 5.50. The van der Waals surface area contributed by atoms with Gasteiger partial charge in [0.05, 0.1) is 17.9 Å². The minimum absolute atomic E-state index is 0.148. The van der Waals surface area contributed by atoms with Crippen molar-refractivity contribution in [2.75, 3.05) is 6.61 Å². The second-order valence-electron chi connectivity index (χ2n) is 3.64. The van der Waals surface area contributed by atoms with Crippen molar-refractivity contribution in [2.24, 2.45) is 5.92 Å². The maximum Gasteiger partial charge on any atom is 0.343 e. The highest BCUT2D eigenvalue weighted by molar-refractivity contribution is 6.58. The monoisotopic (exact) mass is 278 g/mol. The van der Waals surface area contributed by atoms with E-state index in [1.165, 1.54) is 0 Å². The topological polar surface area (TPSA) is 26.3 Å². The molecule has 16 heavy (non-hydrogen) atoms. The molecular weight excluding hydrogens is 270 g/mol. The van der Waals surface area contributed by atoms with Gasteiger partial charge in [-0.1, -0.05) is 53.5 Å². The number of hydrogen-bond acceptors (Lipinski definition) is 2. The number of ether oxygens (including phenoxy) is 1. The fourth-order valence-electron chi connectivity index (χ4n) is 1.66. The molecule has 1 aromatic carbocycles. The number of rotatable bonds is 2. The zero-order valence-electron chi connectivity index (χ0n) is 8.20. The lowest BCUT2D eigenvalue weighted by molar-refractivity contribution is -0.138. The molecule has 0 aliphatic carbocycles. The van der Waals surface area contributed by atoms with Gasteiger partial charge in [-0.25, -0.2) is 4.79 Å². The lowest BCUT2D eigenvalue weighted by Crippen LogP contribution is -2.30. The van der Waals surface area contributed by atoms with Crippen LogP contribution in [0.25, 0.3) is 0 Å². The molecule has 1 fully saturated rings. The number of cyclic esters (lactones) is 1. The summed E-state index contributed by atoms with van der Waals surface area (Å²) in [5, 5.41) is -0.442. The Kier molecular flexibility index (Phi) is 3.34. The number of alkyl halides is 3. The second kappa shape index (κ2) is 4.44. The van der Waals surface area contributed by atoms with Gasteiger partial charge in [-0.3, -0.25) is 0 Å². The third kappa shape index (κ3) is 2.02. The highest BCUT2D eigenvalue weighted by Gasteiger charge is 2.53. The highest BCUT2D eigenvalue weighted by atomic mass is 35.5. The summed E-state index contributed by atoms with van der Waals surface area (Å²) in [6.45, 7) is 0.148. The van der Waals surface area contributed by atoms with Gasteiger partial charge in [0.25, 0.3) is 0 Å². The molecular formula is C11H9Cl3O2. The van der Waals surface area contributed by atoms with Crippen LogP contribution in [0.4, 0.5) is 0 Å². The van der Waals surface area contributed by atoms with E-state index in [1.54, 1.807) is 0 Å². The first-order chi connectivity index (χ1) is 7.53. The van der Waals surface area contributed by atoms with E-state index in [1.807, 2.05) is 30.3 Å². The Labute approximate surface area is 108 Å². The third-order valence-corrected chi connectivity index (χ3v) is 4.03. The molecule has 0 N–H and O–H groups in total. The van der Waals surface area contributed by atoms with Crippen LogP contribution in [0.5, 0.6) is 0 Å². The first-order valence-electron chi connectivity index (χ1n) is 4.77. The SMILES string of the molecule is O=C1OCC(C(Cl)c2ccccc2)C1(Cl)Cl. The van der Waals surface area contributed by atoms with Gasteiger partial charge in [-0.05, 0) is 5.56 Å². The van der Waals surface area contributed by atoms with Crippen LogP contribution in [-0.4, -0.2) is 16.9 Å². The number of carbonyl (C=O) groups is 1. The van der Waals surface area contributed by atoms with Crippen LogP contribution in [0.2, 0.25) is 0 Å². The average Bonchev–Trinajstić information content (AvgIpc) is 2.54. The molecule has 86 valence electrons. The summed E-state index contributed by atoms with van der Waals surface area (Å²) >= 11 is 18.1. The van der Waals surface area contributed by atoms with E-state index in [-0.39, 0.29) is 6.61 Å². The molecule has 5 heteroatoms. The molecule has 2 nitrogen and oxygen atoms in total. The van der Waals surface area contributed by atoms with Crippen LogP contribution < -0.4 is 0 Å². The van der Waals surface area contributed by atoms with Gasteiger partial charge < -0.3 is 4.74 Å². The fourth-order valence-corrected chi connectivity index (χ4v) is 2.68. The molecule has 2 atom stereocenters. The number of hydrogen-bond donors (Lipinski definition) is 0. The quantitative estimate of drug-likeness (QED) is 0.613. The largest absolute Gasteiger partial charge is 0.463 e. The van der Waals surface area contributed by atoms with E-state index in [0.717, 1.165) is 5.56 Å². The summed E-state index contributed by atoms with van der Waals surface area (Å²) in [6.07, 6.45) is 0. The average molecular weight is 280 g/mol. The molecule has 0 aromatic heterocycles. The van der Waals surface area contributed by atoms with Crippen molar-refractivity contribution in [2.45, 2.75) is 9.71 Å². The van der Waals surface area contributed by atoms with Crippen LogP contribution in [-0.2, 0) is 9.53 Å². The van der Waals surface area contributed by atoms with E-state index in [2.05, 4.69) is 0 Å². The van der Waals surface area contributed by atoms with Gasteiger partial charge in [-0.15, -0.1) is 11.6 Å². The minimum atomic E-state index is -1.55. The highest BCUT2D eigenvalue weighted by Crippen LogP contribution is 2.46. The minimum Gasteiger partial charge on any atom is -0.463 e. The van der Waals surface area contributed by atoms with Crippen LogP contribution >= 0.6 is 34.8 Å². The van der Waals surface area contributed by atoms with Crippen molar-refractivity contribution >= 4 is 40.8 Å². The van der Waals surface area contributed by atoms with E-state index in [0.29, 0.717) is 0 Å². The molecule has 0 bridgehead atoms. The van der Waals surface area contributed by atoms with Gasteiger partial charge in [0.2, 0.25) is 4.33 Å². The molecule has 2 rings (SSSR count). The van der Waals surface area contributed by atoms with Crippen molar-refractivity contribution in [3.63, 3.8) is 0 Å². The zero-order chi connectivity index (χ0) is 11.8. The normalized spacial score (nSPS) is 25.2. The third-order valence-electron chi connectivity index (χ3n) is 2.60. The van der Waals surface area contributed by atoms with E-state index in [4.69, 9.17) is 39.5 Å². The Hall–Kier alpha value is -0.440. The van der Waals surface area contributed by atoms with Crippen molar-refractivity contribution < 1.29 is 9.53 Å². The predicted molar refractivity (Wildman–Crippen MR) is 63.9 cm³/mol. The van der Waals surface area contributed by atoms with Crippen molar-refractivity contribution in [3.05, 3.63) is 35.9 Å².